The summed E-state index contributed by atoms with van der Waals surface area (Å²) in [6.45, 7) is 3.35. The van der Waals surface area contributed by atoms with E-state index in [0.717, 1.165) is 11.5 Å². The average molecular weight is 361 g/mol. The second kappa shape index (κ2) is 8.30. The number of aliphatic carboxylic acids is 1. The Hall–Kier alpha value is -1.13. The van der Waals surface area contributed by atoms with Gasteiger partial charge in [-0.15, -0.1) is 16.4 Å². The largest absolute Gasteiger partial charge is 1.00 e. The van der Waals surface area contributed by atoms with Crippen LogP contribution in [0.25, 0.3) is 0 Å². The fourth-order valence-electron chi connectivity index (χ4n) is 2.13. The Morgan fingerprint density at radius 3 is 2.71 bits per heavy atom. The summed E-state index contributed by atoms with van der Waals surface area (Å²) in [5.74, 6) is 0.322. The number of fused-ring (bicyclic) bond motifs is 1. The topological polar surface area (TPSA) is 98.5 Å². The van der Waals surface area contributed by atoms with Crippen molar-refractivity contribution in [2.45, 2.75) is 20.1 Å². The van der Waals surface area contributed by atoms with Crippen molar-refractivity contribution in [1.82, 2.24) is 15.0 Å². The number of carbonyl (C=O) groups is 1. The smallest absolute Gasteiger partial charge is 0.548 e. The van der Waals surface area contributed by atoms with Gasteiger partial charge in [-0.1, -0.05) is 12.1 Å². The Morgan fingerprint density at radius 1 is 1.42 bits per heavy atom. The van der Waals surface area contributed by atoms with Gasteiger partial charge >= 0.3 is 29.6 Å². The van der Waals surface area contributed by atoms with E-state index >= 15 is 0 Å². The van der Waals surface area contributed by atoms with E-state index in [0.29, 0.717) is 25.5 Å². The zero-order valence-electron chi connectivity index (χ0n) is 13.6. The maximum absolute atomic E-state index is 10.5. The molecule has 2 aromatic rings. The maximum atomic E-state index is 10.5. The SMILES string of the molecule is CC1(COCc2cn(CC(=O)[O-])nn2)COc2cscc2OC1.[Na+]. The summed E-state index contributed by atoms with van der Waals surface area (Å²) in [6.07, 6.45) is 1.52. The van der Waals surface area contributed by atoms with Crippen LogP contribution in [0.1, 0.15) is 12.6 Å². The van der Waals surface area contributed by atoms with Gasteiger partial charge in [-0.25, -0.2) is 4.68 Å². The van der Waals surface area contributed by atoms with Crippen LogP contribution in [0.15, 0.2) is 17.0 Å². The Balaban J connectivity index is 0.00000208. The first-order valence-corrected chi connectivity index (χ1v) is 7.97. The number of carbonyl (C=O) groups excluding carboxylic acids is 1. The van der Waals surface area contributed by atoms with E-state index in [2.05, 4.69) is 10.3 Å². The molecule has 0 unspecified atom stereocenters. The summed E-state index contributed by atoms with van der Waals surface area (Å²) in [4.78, 5) is 10.5. The summed E-state index contributed by atoms with van der Waals surface area (Å²) < 4.78 is 18.4. The molecule has 24 heavy (non-hydrogen) atoms. The summed E-state index contributed by atoms with van der Waals surface area (Å²) in [5, 5.41) is 21.9. The monoisotopic (exact) mass is 361 g/mol. The van der Waals surface area contributed by atoms with Crippen LogP contribution in [-0.4, -0.2) is 40.8 Å². The van der Waals surface area contributed by atoms with Crippen molar-refractivity contribution in [3.8, 4) is 11.5 Å². The van der Waals surface area contributed by atoms with E-state index in [-0.39, 0.29) is 48.1 Å². The summed E-state index contributed by atoms with van der Waals surface area (Å²) in [5.41, 5.74) is 0.279. The van der Waals surface area contributed by atoms with Crippen LogP contribution < -0.4 is 44.1 Å². The molecular formula is C14H16N3NaO5S. The molecule has 1 aliphatic rings. The standard InChI is InChI=1S/C14H17N3O5S.Na/c1-14(8-21-11-5-23-6-12(11)22-9-14)7-20-4-10-2-17(16-15-10)3-13(18)19;/h2,5-6H,3-4,7-9H2,1H3,(H,18,19);/q;+1/p-1. The van der Waals surface area contributed by atoms with Crippen molar-refractivity contribution >= 4 is 17.3 Å². The average Bonchev–Trinajstić information content (AvgIpc) is 3.09. The number of nitrogens with zero attached hydrogens (tertiary/aromatic N) is 3. The second-order valence-corrected chi connectivity index (χ2v) is 6.50. The van der Waals surface area contributed by atoms with Crippen LogP contribution in [0.4, 0.5) is 0 Å². The predicted molar refractivity (Wildman–Crippen MR) is 78.1 cm³/mol. The van der Waals surface area contributed by atoms with Crippen molar-refractivity contribution in [2.75, 3.05) is 19.8 Å². The van der Waals surface area contributed by atoms with Gasteiger partial charge in [0.05, 0.1) is 50.6 Å². The summed E-state index contributed by atoms with van der Waals surface area (Å²) in [7, 11) is 0. The van der Waals surface area contributed by atoms with Gasteiger partial charge in [0.1, 0.15) is 5.69 Å². The number of carboxylic acids is 1. The Kier molecular flexibility index (Phi) is 6.64. The van der Waals surface area contributed by atoms with E-state index in [1.54, 1.807) is 11.3 Å². The molecule has 0 atom stereocenters. The minimum atomic E-state index is -1.21. The molecule has 8 nitrogen and oxygen atoms in total. The molecule has 0 saturated heterocycles. The Bertz CT molecular complexity index is 667. The Labute approximate surface area is 165 Å². The van der Waals surface area contributed by atoms with Crippen LogP contribution >= 0.6 is 11.3 Å². The van der Waals surface area contributed by atoms with Crippen LogP contribution in [-0.2, 0) is 22.7 Å². The fourth-order valence-corrected chi connectivity index (χ4v) is 2.81. The zero-order chi connectivity index (χ0) is 16.3. The third kappa shape index (κ3) is 4.93. The molecule has 0 N–H and O–H groups in total. The second-order valence-electron chi connectivity index (χ2n) is 5.76. The first-order valence-electron chi connectivity index (χ1n) is 7.02. The molecule has 2 aromatic heterocycles. The van der Waals surface area contributed by atoms with Crippen molar-refractivity contribution in [3.05, 3.63) is 22.7 Å². The van der Waals surface area contributed by atoms with Gasteiger partial charge in [0, 0.05) is 10.8 Å². The molecule has 3 rings (SSSR count). The van der Waals surface area contributed by atoms with Gasteiger partial charge in [-0.3, -0.25) is 0 Å². The van der Waals surface area contributed by atoms with Gasteiger partial charge in [-0.2, -0.15) is 0 Å². The van der Waals surface area contributed by atoms with Gasteiger partial charge in [0.25, 0.3) is 0 Å². The first kappa shape index (κ1) is 19.2. The number of hydrogen-bond donors (Lipinski definition) is 0. The molecule has 1 aliphatic heterocycles. The van der Waals surface area contributed by atoms with Gasteiger partial charge in [0.2, 0.25) is 0 Å². The number of carboxylic acid groups (broad SMARTS) is 1. The number of rotatable bonds is 6. The predicted octanol–water partition coefficient (Wildman–Crippen LogP) is -2.91. The van der Waals surface area contributed by atoms with E-state index in [9.17, 15) is 9.90 Å². The van der Waals surface area contributed by atoms with Crippen molar-refractivity contribution < 1.29 is 53.7 Å². The number of aromatic nitrogens is 3. The molecule has 0 aromatic carbocycles. The van der Waals surface area contributed by atoms with Crippen molar-refractivity contribution in [3.63, 3.8) is 0 Å². The molecule has 3 heterocycles. The van der Waals surface area contributed by atoms with E-state index in [1.165, 1.54) is 10.9 Å². The molecule has 0 saturated carbocycles. The van der Waals surface area contributed by atoms with Gasteiger partial charge in [0.15, 0.2) is 11.5 Å². The summed E-state index contributed by atoms with van der Waals surface area (Å²) >= 11 is 1.54. The molecule has 0 fully saturated rings. The molecule has 0 radical (unpaired) electrons. The van der Waals surface area contributed by atoms with E-state index < -0.39 is 5.97 Å². The van der Waals surface area contributed by atoms with E-state index in [1.807, 2.05) is 17.7 Å². The molecule has 0 amide bonds. The molecule has 124 valence electrons. The van der Waals surface area contributed by atoms with Crippen LogP contribution in [0.3, 0.4) is 0 Å². The first-order chi connectivity index (χ1) is 11.0. The number of thiophene rings is 1. The third-order valence-corrected chi connectivity index (χ3v) is 4.02. The third-order valence-electron chi connectivity index (χ3n) is 3.32. The minimum Gasteiger partial charge on any atom is -0.548 e. The van der Waals surface area contributed by atoms with Crippen LogP contribution in [0.5, 0.6) is 11.5 Å². The van der Waals surface area contributed by atoms with Crippen molar-refractivity contribution in [2.24, 2.45) is 5.41 Å². The van der Waals surface area contributed by atoms with Gasteiger partial charge < -0.3 is 24.1 Å². The molecule has 0 aliphatic carbocycles. The van der Waals surface area contributed by atoms with E-state index in [4.69, 9.17) is 14.2 Å². The van der Waals surface area contributed by atoms with Gasteiger partial charge in [-0.05, 0) is 0 Å². The maximum Gasteiger partial charge on any atom is 1.00 e. The summed E-state index contributed by atoms with van der Waals surface area (Å²) in [6, 6.07) is 0. The Morgan fingerprint density at radius 2 is 2.08 bits per heavy atom. The molecular weight excluding hydrogens is 345 g/mol. The van der Waals surface area contributed by atoms with Crippen LogP contribution in [0.2, 0.25) is 0 Å². The normalized spacial score (nSPS) is 15.4. The fraction of sp³-hybridized carbons (Fsp3) is 0.500. The zero-order valence-corrected chi connectivity index (χ0v) is 16.4. The molecule has 0 bridgehead atoms. The molecule has 10 heteroatoms. The van der Waals surface area contributed by atoms with Crippen molar-refractivity contribution in [1.29, 1.82) is 0 Å². The minimum absolute atomic E-state index is 0. The molecule has 0 spiro atoms. The quantitative estimate of drug-likeness (QED) is 0.509. The number of hydrogen-bond acceptors (Lipinski definition) is 8. The van der Waals surface area contributed by atoms with Crippen LogP contribution in [0, 0.1) is 5.41 Å². The number of ether oxygens (including phenoxy) is 3.